The number of nitrogens with zero attached hydrogens (tertiary/aromatic N) is 1. The molecule has 0 fully saturated rings. The fourth-order valence-electron chi connectivity index (χ4n) is 3.32. The molecule has 0 aliphatic carbocycles. The molecule has 0 bridgehead atoms. The Bertz CT molecular complexity index is 970. The second-order valence-electron chi connectivity index (χ2n) is 6.52. The fraction of sp³-hybridized carbons (Fsp3) is 0.136. The minimum atomic E-state index is -0.317. The van der Waals surface area contributed by atoms with Crippen LogP contribution in [0.2, 0.25) is 0 Å². The van der Waals surface area contributed by atoms with Gasteiger partial charge in [-0.15, -0.1) is 0 Å². The molecule has 0 saturated carbocycles. The largest absolute Gasteiger partial charge is 0.508 e. The summed E-state index contributed by atoms with van der Waals surface area (Å²) in [5.41, 5.74) is 3.69. The zero-order valence-corrected chi connectivity index (χ0v) is 16.0. The minimum absolute atomic E-state index is 0.0996. The van der Waals surface area contributed by atoms with Crippen molar-refractivity contribution >= 4 is 21.6 Å². The highest BCUT2D eigenvalue weighted by Gasteiger charge is 2.27. The van der Waals surface area contributed by atoms with E-state index in [0.717, 1.165) is 26.9 Å². The number of hydrogen-bond donors (Lipinski definition) is 2. The summed E-state index contributed by atoms with van der Waals surface area (Å²) in [6.45, 7) is 0. The number of para-hydroxylation sites is 1. The molecule has 0 amide bonds. The van der Waals surface area contributed by atoms with Crippen LogP contribution < -0.4 is 5.32 Å². The van der Waals surface area contributed by atoms with Crippen LogP contribution in [0.3, 0.4) is 0 Å². The highest BCUT2D eigenvalue weighted by atomic mass is 79.9. The Balaban J connectivity index is 1.75. The Morgan fingerprint density at radius 1 is 0.963 bits per heavy atom. The van der Waals surface area contributed by atoms with E-state index in [-0.39, 0.29) is 23.8 Å². The normalized spacial score (nSPS) is 19.6. The molecule has 1 aliphatic rings. The predicted octanol–water partition coefficient (Wildman–Crippen LogP) is 5.52. The lowest BCUT2D eigenvalue weighted by Gasteiger charge is -2.31. The third kappa shape index (κ3) is 3.94. The van der Waals surface area contributed by atoms with Gasteiger partial charge < -0.3 is 5.11 Å². The molecule has 0 spiro atoms. The van der Waals surface area contributed by atoms with Crippen molar-refractivity contribution in [1.82, 2.24) is 5.32 Å². The number of aliphatic imine (C=N–C) groups is 1. The number of halogens is 2. The molecule has 3 aromatic rings. The first-order valence-electron chi connectivity index (χ1n) is 8.72. The molecule has 0 unspecified atom stereocenters. The van der Waals surface area contributed by atoms with Gasteiger partial charge in [0.25, 0.3) is 0 Å². The fourth-order valence-corrected chi connectivity index (χ4v) is 3.59. The summed E-state index contributed by atoms with van der Waals surface area (Å²) >= 11 is 3.46. The molecule has 2 N–H and O–H groups in total. The van der Waals surface area contributed by atoms with E-state index >= 15 is 0 Å². The van der Waals surface area contributed by atoms with Gasteiger partial charge in [-0.1, -0.05) is 58.4 Å². The van der Waals surface area contributed by atoms with E-state index in [2.05, 4.69) is 21.2 Å². The maximum Gasteiger partial charge on any atom is 0.126 e. The predicted molar refractivity (Wildman–Crippen MR) is 108 cm³/mol. The zero-order chi connectivity index (χ0) is 18.8. The van der Waals surface area contributed by atoms with Crippen molar-refractivity contribution in [3.05, 3.63) is 99.8 Å². The summed E-state index contributed by atoms with van der Waals surface area (Å²) in [6.07, 6.45) is 0.333. The molecule has 1 heterocycles. The summed E-state index contributed by atoms with van der Waals surface area (Å²) in [7, 11) is 0. The molecule has 5 heteroatoms. The van der Waals surface area contributed by atoms with Crippen LogP contribution >= 0.6 is 15.9 Å². The quantitative estimate of drug-likeness (QED) is 0.581. The van der Waals surface area contributed by atoms with Crippen LogP contribution in [0, 0.1) is 5.82 Å². The van der Waals surface area contributed by atoms with Crippen LogP contribution in [-0.2, 0) is 0 Å². The Morgan fingerprint density at radius 3 is 2.37 bits per heavy atom. The van der Waals surface area contributed by atoms with Crippen molar-refractivity contribution < 1.29 is 9.50 Å². The first-order chi connectivity index (χ1) is 13.1. The molecule has 0 aromatic heterocycles. The van der Waals surface area contributed by atoms with Gasteiger partial charge in [0.05, 0.1) is 0 Å². The lowest BCUT2D eigenvalue weighted by molar-refractivity contribution is 0.412. The molecule has 0 saturated heterocycles. The molecule has 136 valence electrons. The molecule has 3 aromatic carbocycles. The summed E-state index contributed by atoms with van der Waals surface area (Å²) < 4.78 is 14.3. The Hall–Kier alpha value is -2.50. The van der Waals surface area contributed by atoms with E-state index in [9.17, 15) is 9.50 Å². The highest BCUT2D eigenvalue weighted by molar-refractivity contribution is 9.10. The monoisotopic (exact) mass is 424 g/mol. The van der Waals surface area contributed by atoms with Crippen molar-refractivity contribution in [3.63, 3.8) is 0 Å². The van der Waals surface area contributed by atoms with Gasteiger partial charge in [-0.3, -0.25) is 10.3 Å². The summed E-state index contributed by atoms with van der Waals surface area (Å²) in [5.74, 6) is -0.0196. The second-order valence-corrected chi connectivity index (χ2v) is 7.43. The molecule has 0 radical (unpaired) electrons. The van der Waals surface area contributed by atoms with Crippen molar-refractivity contribution in [3.8, 4) is 5.75 Å². The lowest BCUT2D eigenvalue weighted by atomic mass is 9.93. The molecule has 27 heavy (non-hydrogen) atoms. The van der Waals surface area contributed by atoms with Gasteiger partial charge in [0, 0.05) is 28.2 Å². The van der Waals surface area contributed by atoms with Crippen LogP contribution in [0.1, 0.15) is 35.3 Å². The maximum absolute atomic E-state index is 13.3. The van der Waals surface area contributed by atoms with Crippen LogP contribution in [0.15, 0.2) is 82.3 Å². The number of rotatable bonds is 3. The van der Waals surface area contributed by atoms with E-state index in [0.29, 0.717) is 6.42 Å². The van der Waals surface area contributed by atoms with Crippen molar-refractivity contribution in [2.24, 2.45) is 4.99 Å². The van der Waals surface area contributed by atoms with E-state index in [4.69, 9.17) is 4.99 Å². The first-order valence-corrected chi connectivity index (χ1v) is 9.51. The van der Waals surface area contributed by atoms with Crippen LogP contribution in [0.4, 0.5) is 4.39 Å². The topological polar surface area (TPSA) is 44.6 Å². The SMILES string of the molecule is Oc1ccccc1[C@@H]1CC(c2ccc(Br)cc2)=N[C@H](c2ccc(F)cc2)N1. The third-order valence-electron chi connectivity index (χ3n) is 4.72. The van der Waals surface area contributed by atoms with Crippen LogP contribution in [0.25, 0.3) is 0 Å². The maximum atomic E-state index is 13.3. The molecule has 3 nitrogen and oxygen atoms in total. The number of aromatic hydroxyl groups is 1. The van der Waals surface area contributed by atoms with Gasteiger partial charge in [-0.25, -0.2) is 4.39 Å². The van der Waals surface area contributed by atoms with Crippen LogP contribution in [0.5, 0.6) is 5.75 Å². The molecule has 1 aliphatic heterocycles. The zero-order valence-electron chi connectivity index (χ0n) is 14.4. The molecular weight excluding hydrogens is 407 g/mol. The minimum Gasteiger partial charge on any atom is -0.508 e. The van der Waals surface area contributed by atoms with E-state index < -0.39 is 0 Å². The molecular formula is C22H18BrFN2O. The van der Waals surface area contributed by atoms with Gasteiger partial charge in [-0.05, 0) is 41.5 Å². The first kappa shape index (κ1) is 17.9. The Morgan fingerprint density at radius 2 is 1.67 bits per heavy atom. The Kier molecular flexibility index (Phi) is 5.05. The average molecular weight is 425 g/mol. The Labute approximate surface area is 165 Å². The smallest absolute Gasteiger partial charge is 0.126 e. The molecule has 4 rings (SSSR count). The van der Waals surface area contributed by atoms with Crippen LogP contribution in [-0.4, -0.2) is 10.8 Å². The summed E-state index contributed by atoms with van der Waals surface area (Å²) in [6, 6.07) is 21.6. The van der Waals surface area contributed by atoms with Crippen molar-refractivity contribution in [1.29, 1.82) is 0 Å². The number of nitrogens with one attached hydrogen (secondary N) is 1. The van der Waals surface area contributed by atoms with Gasteiger partial charge in [0.2, 0.25) is 0 Å². The summed E-state index contributed by atoms with van der Waals surface area (Å²) in [4.78, 5) is 4.87. The number of benzene rings is 3. The highest BCUT2D eigenvalue weighted by Crippen LogP contribution is 2.34. The standard InChI is InChI=1S/C22H18BrFN2O/c23-16-9-5-14(6-10-16)19-13-20(18-3-1-2-4-21(18)27)26-22(25-19)15-7-11-17(24)12-8-15/h1-12,20,22,26-27H,13H2/t20-,22-/m0/s1. The lowest BCUT2D eigenvalue weighted by Crippen LogP contribution is -2.33. The van der Waals surface area contributed by atoms with Gasteiger partial charge >= 0.3 is 0 Å². The van der Waals surface area contributed by atoms with Crippen molar-refractivity contribution in [2.45, 2.75) is 18.6 Å². The number of phenolic OH excluding ortho intramolecular Hbond substituents is 1. The number of hydrogen-bond acceptors (Lipinski definition) is 3. The van der Waals surface area contributed by atoms with E-state index in [1.165, 1.54) is 12.1 Å². The second kappa shape index (κ2) is 7.62. The molecule has 2 atom stereocenters. The van der Waals surface area contributed by atoms with Gasteiger partial charge in [-0.2, -0.15) is 0 Å². The van der Waals surface area contributed by atoms with E-state index in [1.54, 1.807) is 18.2 Å². The third-order valence-corrected chi connectivity index (χ3v) is 5.25. The van der Waals surface area contributed by atoms with Gasteiger partial charge in [0.1, 0.15) is 17.7 Å². The van der Waals surface area contributed by atoms with E-state index in [1.807, 2.05) is 42.5 Å². The number of phenols is 1. The summed E-state index contributed by atoms with van der Waals surface area (Å²) in [5, 5.41) is 13.8. The van der Waals surface area contributed by atoms with Gasteiger partial charge in [0.15, 0.2) is 0 Å². The average Bonchev–Trinajstić information content (AvgIpc) is 2.69. The van der Waals surface area contributed by atoms with Crippen molar-refractivity contribution in [2.75, 3.05) is 0 Å².